The van der Waals surface area contributed by atoms with E-state index < -0.39 is 0 Å². The van der Waals surface area contributed by atoms with E-state index in [0.717, 1.165) is 17.7 Å². The van der Waals surface area contributed by atoms with E-state index in [0.29, 0.717) is 13.1 Å². The minimum atomic E-state index is -0.223. The Morgan fingerprint density at radius 2 is 1.88 bits per heavy atom. The first-order chi connectivity index (χ1) is 8.19. The summed E-state index contributed by atoms with van der Waals surface area (Å²) >= 11 is 0. The second-order valence-corrected chi connectivity index (χ2v) is 3.85. The molecule has 0 aromatic heterocycles. The number of aliphatic hydroxyl groups excluding tert-OH is 1. The van der Waals surface area contributed by atoms with Gasteiger partial charge >= 0.3 is 5.97 Å². The fourth-order valence-corrected chi connectivity index (χ4v) is 1.53. The van der Waals surface area contributed by atoms with Gasteiger partial charge in [0.15, 0.2) is 0 Å². The number of methoxy groups -OCH3 is 1. The first kappa shape index (κ1) is 13.7. The molecule has 0 aliphatic heterocycles. The maximum Gasteiger partial charge on any atom is 0.319 e. The van der Waals surface area contributed by atoms with Crippen LogP contribution in [0.2, 0.25) is 0 Å². The molecule has 0 bridgehead atoms. The molecule has 0 aliphatic carbocycles. The summed E-state index contributed by atoms with van der Waals surface area (Å²) in [7, 11) is 1.40. The van der Waals surface area contributed by atoms with Crippen molar-refractivity contribution in [2.45, 2.75) is 20.1 Å². The molecular formula is C13H19NO3. The van der Waals surface area contributed by atoms with Crippen LogP contribution in [-0.4, -0.2) is 36.2 Å². The zero-order chi connectivity index (χ0) is 12.7. The van der Waals surface area contributed by atoms with Crippen LogP contribution in [0.3, 0.4) is 0 Å². The van der Waals surface area contributed by atoms with Crippen molar-refractivity contribution in [3.63, 3.8) is 0 Å². The van der Waals surface area contributed by atoms with Gasteiger partial charge in [-0.2, -0.15) is 0 Å². The quantitative estimate of drug-likeness (QED) is 0.755. The molecule has 0 unspecified atom stereocenters. The Hall–Kier alpha value is -1.39. The molecule has 0 saturated heterocycles. The number of nitrogens with zero attached hydrogens (tertiary/aromatic N) is 1. The monoisotopic (exact) mass is 237 g/mol. The van der Waals surface area contributed by atoms with Crippen molar-refractivity contribution in [2.24, 2.45) is 0 Å². The summed E-state index contributed by atoms with van der Waals surface area (Å²) in [5.41, 5.74) is 2.01. The molecule has 0 fully saturated rings. The molecule has 0 saturated carbocycles. The van der Waals surface area contributed by atoms with E-state index in [1.165, 1.54) is 7.11 Å². The number of rotatable bonds is 6. The second-order valence-electron chi connectivity index (χ2n) is 3.85. The molecule has 0 aliphatic rings. The minimum absolute atomic E-state index is 0.0555. The molecule has 17 heavy (non-hydrogen) atoms. The Kier molecular flexibility index (Phi) is 5.66. The van der Waals surface area contributed by atoms with Crippen LogP contribution in [0, 0.1) is 0 Å². The van der Waals surface area contributed by atoms with Crippen LogP contribution in [0.1, 0.15) is 18.1 Å². The van der Waals surface area contributed by atoms with Crippen molar-refractivity contribution in [1.29, 1.82) is 0 Å². The molecule has 1 rings (SSSR count). The normalized spacial score (nSPS) is 10.6. The first-order valence-corrected chi connectivity index (χ1v) is 5.67. The van der Waals surface area contributed by atoms with Gasteiger partial charge in [-0.1, -0.05) is 31.2 Å². The Labute approximate surface area is 102 Å². The highest BCUT2D eigenvalue weighted by molar-refractivity contribution is 5.71. The van der Waals surface area contributed by atoms with Crippen molar-refractivity contribution in [1.82, 2.24) is 4.90 Å². The summed E-state index contributed by atoms with van der Waals surface area (Å²) in [5.74, 6) is -0.223. The maximum atomic E-state index is 11.2. The van der Waals surface area contributed by atoms with Gasteiger partial charge in [0, 0.05) is 6.54 Å². The van der Waals surface area contributed by atoms with E-state index in [2.05, 4.69) is 4.74 Å². The Morgan fingerprint density at radius 1 is 1.29 bits per heavy atom. The molecular weight excluding hydrogens is 218 g/mol. The van der Waals surface area contributed by atoms with Crippen molar-refractivity contribution >= 4 is 5.97 Å². The van der Waals surface area contributed by atoms with Crippen molar-refractivity contribution in [2.75, 3.05) is 20.2 Å². The van der Waals surface area contributed by atoms with E-state index in [-0.39, 0.29) is 12.6 Å². The standard InChI is InChI=1S/C13H19NO3/c1-3-14(9-13(16)17-2)8-11-4-6-12(10-15)7-5-11/h4-7,15H,3,8-10H2,1-2H3. The summed E-state index contributed by atoms with van der Waals surface area (Å²) in [6.45, 7) is 3.86. The van der Waals surface area contributed by atoms with Crippen LogP contribution in [0.4, 0.5) is 0 Å². The number of carbonyl (C=O) groups is 1. The molecule has 1 N–H and O–H groups in total. The topological polar surface area (TPSA) is 49.8 Å². The summed E-state index contributed by atoms with van der Waals surface area (Å²) in [5, 5.41) is 8.94. The van der Waals surface area contributed by atoms with Crippen molar-refractivity contribution in [3.05, 3.63) is 35.4 Å². The number of hydrogen-bond acceptors (Lipinski definition) is 4. The zero-order valence-electron chi connectivity index (χ0n) is 10.3. The molecule has 94 valence electrons. The molecule has 0 spiro atoms. The summed E-state index contributed by atoms with van der Waals surface area (Å²) < 4.78 is 4.64. The highest BCUT2D eigenvalue weighted by atomic mass is 16.5. The number of ether oxygens (including phenoxy) is 1. The maximum absolute atomic E-state index is 11.2. The van der Waals surface area contributed by atoms with Gasteiger partial charge in [-0.3, -0.25) is 9.69 Å². The second kappa shape index (κ2) is 7.04. The van der Waals surface area contributed by atoms with Crippen LogP contribution >= 0.6 is 0 Å². The van der Waals surface area contributed by atoms with Gasteiger partial charge in [-0.05, 0) is 17.7 Å². The fourth-order valence-electron chi connectivity index (χ4n) is 1.53. The van der Waals surface area contributed by atoms with E-state index in [4.69, 9.17) is 5.11 Å². The van der Waals surface area contributed by atoms with Crippen LogP contribution in [0.25, 0.3) is 0 Å². The van der Waals surface area contributed by atoms with E-state index >= 15 is 0 Å². The Morgan fingerprint density at radius 3 is 2.35 bits per heavy atom. The van der Waals surface area contributed by atoms with Gasteiger partial charge in [0.05, 0.1) is 20.3 Å². The summed E-state index contributed by atoms with van der Waals surface area (Å²) in [4.78, 5) is 13.2. The summed E-state index contributed by atoms with van der Waals surface area (Å²) in [6.07, 6.45) is 0. The smallest absolute Gasteiger partial charge is 0.319 e. The third-order valence-electron chi connectivity index (χ3n) is 2.64. The van der Waals surface area contributed by atoms with Gasteiger partial charge < -0.3 is 9.84 Å². The average molecular weight is 237 g/mol. The molecule has 4 nitrogen and oxygen atoms in total. The number of aliphatic hydroxyl groups is 1. The fraction of sp³-hybridized carbons (Fsp3) is 0.462. The predicted molar refractivity (Wildman–Crippen MR) is 65.3 cm³/mol. The lowest BCUT2D eigenvalue weighted by Gasteiger charge is -2.18. The highest BCUT2D eigenvalue weighted by Crippen LogP contribution is 2.07. The lowest BCUT2D eigenvalue weighted by molar-refractivity contribution is -0.142. The van der Waals surface area contributed by atoms with E-state index in [1.807, 2.05) is 36.1 Å². The number of carbonyl (C=O) groups excluding carboxylic acids is 1. The molecule has 0 amide bonds. The summed E-state index contributed by atoms with van der Waals surface area (Å²) in [6, 6.07) is 7.71. The lowest BCUT2D eigenvalue weighted by atomic mass is 10.1. The SMILES string of the molecule is CCN(CC(=O)OC)Cc1ccc(CO)cc1. The average Bonchev–Trinajstić information content (AvgIpc) is 2.38. The minimum Gasteiger partial charge on any atom is -0.468 e. The van der Waals surface area contributed by atoms with Crippen molar-refractivity contribution in [3.8, 4) is 0 Å². The third-order valence-corrected chi connectivity index (χ3v) is 2.64. The van der Waals surface area contributed by atoms with Gasteiger partial charge in [-0.25, -0.2) is 0 Å². The van der Waals surface area contributed by atoms with Gasteiger partial charge in [-0.15, -0.1) is 0 Å². The lowest BCUT2D eigenvalue weighted by Crippen LogP contribution is -2.29. The van der Waals surface area contributed by atoms with Crippen molar-refractivity contribution < 1.29 is 14.6 Å². The number of hydrogen-bond donors (Lipinski definition) is 1. The van der Waals surface area contributed by atoms with Crippen LogP contribution in [-0.2, 0) is 22.7 Å². The number of esters is 1. The van der Waals surface area contributed by atoms with Crippen LogP contribution < -0.4 is 0 Å². The van der Waals surface area contributed by atoms with E-state index in [9.17, 15) is 4.79 Å². The number of likely N-dealkylation sites (N-methyl/N-ethyl adjacent to an activating group) is 1. The molecule has 4 heteroatoms. The highest BCUT2D eigenvalue weighted by Gasteiger charge is 2.09. The van der Waals surface area contributed by atoms with Crippen LogP contribution in [0.15, 0.2) is 24.3 Å². The molecule has 1 aromatic carbocycles. The molecule has 0 atom stereocenters. The Balaban J connectivity index is 2.57. The van der Waals surface area contributed by atoms with Gasteiger partial charge in [0.25, 0.3) is 0 Å². The van der Waals surface area contributed by atoms with Gasteiger partial charge in [0.1, 0.15) is 0 Å². The predicted octanol–water partition coefficient (Wildman–Crippen LogP) is 1.17. The molecule has 0 heterocycles. The zero-order valence-corrected chi connectivity index (χ0v) is 10.3. The Bertz CT molecular complexity index is 348. The third kappa shape index (κ3) is 4.54. The first-order valence-electron chi connectivity index (χ1n) is 5.67. The molecule has 1 aromatic rings. The van der Waals surface area contributed by atoms with E-state index in [1.54, 1.807) is 0 Å². The van der Waals surface area contributed by atoms with Gasteiger partial charge in [0.2, 0.25) is 0 Å². The number of benzene rings is 1. The largest absolute Gasteiger partial charge is 0.468 e. The molecule has 0 radical (unpaired) electrons. The van der Waals surface area contributed by atoms with Crippen LogP contribution in [0.5, 0.6) is 0 Å².